The maximum Gasteiger partial charge on any atom is 0.0720 e. The third-order valence-corrected chi connectivity index (χ3v) is 1.05. The fourth-order valence-electron chi connectivity index (χ4n) is 0.0796. The third kappa shape index (κ3) is 2.45. The van der Waals surface area contributed by atoms with Crippen molar-refractivity contribution >= 4 is 17.3 Å². The number of alkyl halides is 1. The molecule has 0 saturated carbocycles. The molecule has 0 aromatic carbocycles. The zero-order valence-electron chi connectivity index (χ0n) is 4.35. The second-order valence-corrected chi connectivity index (χ2v) is 2.01. The van der Waals surface area contributed by atoms with E-state index in [-0.39, 0.29) is 5.38 Å². The van der Waals surface area contributed by atoms with Crippen molar-refractivity contribution in [2.24, 2.45) is 5.16 Å². The van der Waals surface area contributed by atoms with E-state index in [0.717, 1.165) is 0 Å². The third-order valence-electron chi connectivity index (χ3n) is 0.733. The molecule has 42 valence electrons. The molecule has 0 heterocycles. The molecule has 0 rings (SSSR count). The summed E-state index contributed by atoms with van der Waals surface area (Å²) in [5.41, 5.74) is 0.543. The van der Waals surface area contributed by atoms with Gasteiger partial charge in [0.2, 0.25) is 0 Å². The van der Waals surface area contributed by atoms with Crippen molar-refractivity contribution in [3.8, 4) is 0 Å². The fraction of sp³-hybridized carbons (Fsp3) is 0.750. The minimum Gasteiger partial charge on any atom is -0.411 e. The van der Waals surface area contributed by atoms with Gasteiger partial charge >= 0.3 is 0 Å². The van der Waals surface area contributed by atoms with Crippen LogP contribution < -0.4 is 0 Å². The number of nitrogens with zero attached hydrogens (tertiary/aromatic N) is 1. The lowest BCUT2D eigenvalue weighted by atomic mass is 10.3. The average Bonchev–Trinajstić information content (AvgIpc) is 1.65. The Bertz CT molecular complexity index is 79.8. The second-order valence-electron chi connectivity index (χ2n) is 1.36. The largest absolute Gasteiger partial charge is 0.411 e. The second kappa shape index (κ2) is 2.86. The van der Waals surface area contributed by atoms with Crippen LogP contribution in [0.15, 0.2) is 5.16 Å². The molecule has 3 heteroatoms. The van der Waals surface area contributed by atoms with Gasteiger partial charge in [0.05, 0.1) is 11.1 Å². The lowest BCUT2D eigenvalue weighted by molar-refractivity contribution is 0.317. The van der Waals surface area contributed by atoms with Gasteiger partial charge in [-0.15, -0.1) is 11.6 Å². The summed E-state index contributed by atoms with van der Waals surface area (Å²) in [7, 11) is 0. The van der Waals surface area contributed by atoms with E-state index >= 15 is 0 Å². The molecule has 0 amide bonds. The van der Waals surface area contributed by atoms with Crippen molar-refractivity contribution in [3.05, 3.63) is 0 Å². The summed E-state index contributed by atoms with van der Waals surface area (Å²) in [6.45, 7) is 3.41. The minimum absolute atomic E-state index is 0.162. The van der Waals surface area contributed by atoms with Crippen LogP contribution in [-0.4, -0.2) is 16.3 Å². The lowest BCUT2D eigenvalue weighted by Crippen LogP contribution is -2.03. The molecule has 0 bridgehead atoms. The van der Waals surface area contributed by atoms with Gasteiger partial charge in [0.15, 0.2) is 0 Å². The van der Waals surface area contributed by atoms with Crippen LogP contribution >= 0.6 is 11.6 Å². The van der Waals surface area contributed by atoms with Crippen molar-refractivity contribution in [3.63, 3.8) is 0 Å². The van der Waals surface area contributed by atoms with Crippen LogP contribution in [0.4, 0.5) is 0 Å². The van der Waals surface area contributed by atoms with E-state index in [1.54, 1.807) is 13.8 Å². The Hall–Kier alpha value is -0.240. The maximum absolute atomic E-state index is 8.01. The Morgan fingerprint density at radius 1 is 1.86 bits per heavy atom. The molecule has 0 fully saturated rings. The van der Waals surface area contributed by atoms with Crippen LogP contribution in [-0.2, 0) is 0 Å². The van der Waals surface area contributed by atoms with E-state index in [9.17, 15) is 0 Å². The molecule has 0 aliphatic carbocycles. The average molecular weight is 122 g/mol. The van der Waals surface area contributed by atoms with Gasteiger partial charge in [-0.3, -0.25) is 0 Å². The summed E-state index contributed by atoms with van der Waals surface area (Å²) < 4.78 is 0. The van der Waals surface area contributed by atoms with E-state index in [4.69, 9.17) is 16.8 Å². The summed E-state index contributed by atoms with van der Waals surface area (Å²) in [4.78, 5) is 0. The molecule has 7 heavy (non-hydrogen) atoms. The predicted molar refractivity (Wildman–Crippen MR) is 30.2 cm³/mol. The molecule has 0 spiro atoms. The molecule has 0 aliphatic rings. The summed E-state index contributed by atoms with van der Waals surface area (Å²) in [6.07, 6.45) is 0. The smallest absolute Gasteiger partial charge is 0.0720 e. The zero-order chi connectivity index (χ0) is 5.86. The van der Waals surface area contributed by atoms with Gasteiger partial charge in [-0.25, -0.2) is 0 Å². The topological polar surface area (TPSA) is 32.6 Å². The van der Waals surface area contributed by atoms with Crippen LogP contribution in [0.1, 0.15) is 13.8 Å². The Kier molecular flexibility index (Phi) is 2.76. The van der Waals surface area contributed by atoms with Crippen LogP contribution in [0.25, 0.3) is 0 Å². The summed E-state index contributed by atoms with van der Waals surface area (Å²) in [5, 5.41) is 10.7. The first-order valence-electron chi connectivity index (χ1n) is 2.01. The van der Waals surface area contributed by atoms with E-state index in [2.05, 4.69) is 5.16 Å². The molecule has 1 N–H and O–H groups in total. The molecule has 0 saturated heterocycles. The molecule has 1 atom stereocenters. The first-order valence-corrected chi connectivity index (χ1v) is 2.44. The molecule has 0 aromatic heterocycles. The monoisotopic (exact) mass is 121 g/mol. The number of halogens is 1. The van der Waals surface area contributed by atoms with Crippen LogP contribution in [0.3, 0.4) is 0 Å². The van der Waals surface area contributed by atoms with Crippen molar-refractivity contribution in [2.45, 2.75) is 19.2 Å². The summed E-state index contributed by atoms with van der Waals surface area (Å²) in [5.74, 6) is 0. The minimum atomic E-state index is -0.162. The molecule has 1 unspecified atom stereocenters. The highest BCUT2D eigenvalue weighted by atomic mass is 35.5. The molecule has 0 aromatic rings. The van der Waals surface area contributed by atoms with Crippen LogP contribution in [0, 0.1) is 0 Å². The number of oxime groups is 1. The van der Waals surface area contributed by atoms with Crippen molar-refractivity contribution in [1.82, 2.24) is 0 Å². The van der Waals surface area contributed by atoms with Gasteiger partial charge in [-0.1, -0.05) is 5.16 Å². The summed E-state index contributed by atoms with van der Waals surface area (Å²) >= 11 is 5.44. The highest BCUT2D eigenvalue weighted by Gasteiger charge is 1.97. The van der Waals surface area contributed by atoms with Crippen molar-refractivity contribution < 1.29 is 5.21 Å². The van der Waals surface area contributed by atoms with Gasteiger partial charge < -0.3 is 5.21 Å². The van der Waals surface area contributed by atoms with Crippen molar-refractivity contribution in [1.29, 1.82) is 0 Å². The Labute approximate surface area is 47.8 Å². The Morgan fingerprint density at radius 2 is 2.29 bits per heavy atom. The van der Waals surface area contributed by atoms with Gasteiger partial charge in [0.1, 0.15) is 0 Å². The molecule has 0 radical (unpaired) electrons. The lowest BCUT2D eigenvalue weighted by Gasteiger charge is -1.94. The number of hydrogen-bond acceptors (Lipinski definition) is 2. The van der Waals surface area contributed by atoms with Gasteiger partial charge in [0, 0.05) is 0 Å². The first kappa shape index (κ1) is 6.76. The quantitative estimate of drug-likeness (QED) is 0.242. The normalized spacial score (nSPS) is 16.7. The fourth-order valence-corrected chi connectivity index (χ4v) is 0.123. The van der Waals surface area contributed by atoms with E-state index in [0.29, 0.717) is 5.71 Å². The summed E-state index contributed by atoms with van der Waals surface area (Å²) in [6, 6.07) is 0. The van der Waals surface area contributed by atoms with E-state index in [1.165, 1.54) is 0 Å². The Morgan fingerprint density at radius 3 is 2.29 bits per heavy atom. The van der Waals surface area contributed by atoms with E-state index < -0.39 is 0 Å². The van der Waals surface area contributed by atoms with Gasteiger partial charge in [-0.05, 0) is 13.8 Å². The first-order chi connectivity index (χ1) is 3.18. The standard InChI is InChI=1S/C4H8ClNO/c1-3(5)4(2)6-7/h3,7H,1-2H3/b6-4+. The highest BCUT2D eigenvalue weighted by molar-refractivity contribution is 6.31. The molecular weight excluding hydrogens is 114 g/mol. The Balaban J connectivity index is 3.56. The molecule has 0 aliphatic heterocycles. The SMILES string of the molecule is C/C(=N\O)C(C)Cl. The highest BCUT2D eigenvalue weighted by Crippen LogP contribution is 1.94. The predicted octanol–water partition coefficient (Wildman–Crippen LogP) is 1.46. The van der Waals surface area contributed by atoms with Crippen LogP contribution in [0.5, 0.6) is 0 Å². The maximum atomic E-state index is 8.01. The zero-order valence-corrected chi connectivity index (χ0v) is 5.11. The van der Waals surface area contributed by atoms with E-state index in [1.807, 2.05) is 0 Å². The van der Waals surface area contributed by atoms with Gasteiger partial charge in [-0.2, -0.15) is 0 Å². The van der Waals surface area contributed by atoms with Gasteiger partial charge in [0.25, 0.3) is 0 Å². The van der Waals surface area contributed by atoms with Crippen LogP contribution in [0.2, 0.25) is 0 Å². The molecule has 2 nitrogen and oxygen atoms in total. The number of hydrogen-bond donors (Lipinski definition) is 1. The van der Waals surface area contributed by atoms with Crippen molar-refractivity contribution in [2.75, 3.05) is 0 Å². The number of rotatable bonds is 1. The molecular formula is C4H8ClNO.